The van der Waals surface area contributed by atoms with Crippen molar-refractivity contribution in [1.82, 2.24) is 0 Å². The molecule has 0 spiro atoms. The number of nitrogens with one attached hydrogen (secondary N) is 1. The maximum absolute atomic E-state index is 9.46. The van der Waals surface area contributed by atoms with E-state index >= 15 is 0 Å². The first-order valence-corrected chi connectivity index (χ1v) is 6.24. The first-order valence-electron chi connectivity index (χ1n) is 5.86. The molecule has 0 radical (unpaired) electrons. The Bertz CT molecular complexity index is 593. The van der Waals surface area contributed by atoms with Crippen LogP contribution in [0, 0.1) is 11.3 Å². The van der Waals surface area contributed by atoms with Crippen molar-refractivity contribution >= 4 is 17.3 Å². The summed E-state index contributed by atoms with van der Waals surface area (Å²) < 4.78 is 0. The second-order valence-electron chi connectivity index (χ2n) is 4.10. The summed E-state index contributed by atoms with van der Waals surface area (Å²) in [5.41, 5.74) is 2.20. The molecular formula is C15H13ClN2O. The fourth-order valence-corrected chi connectivity index (χ4v) is 2.04. The molecule has 3 nitrogen and oxygen atoms in total. The molecule has 1 unspecified atom stereocenters. The number of halogens is 1. The van der Waals surface area contributed by atoms with Gasteiger partial charge in [-0.25, -0.2) is 0 Å². The second-order valence-corrected chi connectivity index (χ2v) is 4.50. The van der Waals surface area contributed by atoms with Crippen LogP contribution < -0.4 is 5.32 Å². The summed E-state index contributed by atoms with van der Waals surface area (Å²) in [7, 11) is 0. The van der Waals surface area contributed by atoms with Gasteiger partial charge in [-0.1, -0.05) is 41.9 Å². The van der Waals surface area contributed by atoms with Gasteiger partial charge < -0.3 is 10.4 Å². The third kappa shape index (κ3) is 3.25. The van der Waals surface area contributed by atoms with E-state index in [1.165, 1.54) is 0 Å². The van der Waals surface area contributed by atoms with Gasteiger partial charge in [0, 0.05) is 5.69 Å². The third-order valence-electron chi connectivity index (χ3n) is 2.81. The first kappa shape index (κ1) is 13.4. The Morgan fingerprint density at radius 3 is 2.53 bits per heavy atom. The molecule has 0 heterocycles. The molecule has 0 saturated heterocycles. The number of nitrogens with zero attached hydrogens (tertiary/aromatic N) is 1. The van der Waals surface area contributed by atoms with E-state index in [-0.39, 0.29) is 12.6 Å². The molecule has 4 heteroatoms. The van der Waals surface area contributed by atoms with E-state index in [4.69, 9.17) is 16.9 Å². The second kappa shape index (κ2) is 6.24. The molecule has 0 bridgehead atoms. The molecule has 19 heavy (non-hydrogen) atoms. The first-order chi connectivity index (χ1) is 9.24. The van der Waals surface area contributed by atoms with Gasteiger partial charge in [-0.2, -0.15) is 5.26 Å². The summed E-state index contributed by atoms with van der Waals surface area (Å²) in [4.78, 5) is 0. The molecule has 0 saturated carbocycles. The molecule has 0 aliphatic heterocycles. The monoisotopic (exact) mass is 272 g/mol. The fourth-order valence-electron chi connectivity index (χ4n) is 1.82. The standard InChI is InChI=1S/C15H13ClN2O/c16-14-8-13(7-6-12(14)9-17)18-15(10-19)11-4-2-1-3-5-11/h1-8,15,18-19H,10H2. The third-order valence-corrected chi connectivity index (χ3v) is 3.13. The number of aliphatic hydroxyl groups is 1. The van der Waals surface area contributed by atoms with Gasteiger partial charge in [0.05, 0.1) is 23.2 Å². The van der Waals surface area contributed by atoms with Crippen LogP contribution in [0.5, 0.6) is 0 Å². The topological polar surface area (TPSA) is 56.0 Å². The van der Waals surface area contributed by atoms with E-state index in [0.717, 1.165) is 11.3 Å². The molecule has 96 valence electrons. The van der Waals surface area contributed by atoms with E-state index < -0.39 is 0 Å². The van der Waals surface area contributed by atoms with E-state index in [0.29, 0.717) is 10.6 Å². The van der Waals surface area contributed by atoms with Crippen LogP contribution in [-0.2, 0) is 0 Å². The molecule has 0 fully saturated rings. The van der Waals surface area contributed by atoms with Crippen molar-refractivity contribution in [2.24, 2.45) is 0 Å². The Labute approximate surface area is 117 Å². The lowest BCUT2D eigenvalue weighted by molar-refractivity contribution is 0.276. The van der Waals surface area contributed by atoms with E-state index in [1.807, 2.05) is 36.4 Å². The van der Waals surface area contributed by atoms with Gasteiger partial charge in [-0.3, -0.25) is 0 Å². The molecule has 2 aromatic rings. The van der Waals surface area contributed by atoms with Crippen LogP contribution in [0.4, 0.5) is 5.69 Å². The molecule has 1 atom stereocenters. The van der Waals surface area contributed by atoms with E-state index in [1.54, 1.807) is 18.2 Å². The van der Waals surface area contributed by atoms with Crippen molar-refractivity contribution in [3.05, 3.63) is 64.7 Å². The summed E-state index contributed by atoms with van der Waals surface area (Å²) in [6.07, 6.45) is 0. The van der Waals surface area contributed by atoms with Crippen LogP contribution in [0.3, 0.4) is 0 Å². The van der Waals surface area contributed by atoms with Crippen LogP contribution >= 0.6 is 11.6 Å². The molecule has 0 aliphatic rings. The number of benzene rings is 2. The number of anilines is 1. The molecule has 2 rings (SSSR count). The van der Waals surface area contributed by atoms with Crippen molar-refractivity contribution in [1.29, 1.82) is 5.26 Å². The average Bonchev–Trinajstić information content (AvgIpc) is 2.46. The Hall–Kier alpha value is -2.02. The summed E-state index contributed by atoms with van der Waals surface area (Å²) in [6, 6.07) is 16.6. The zero-order valence-corrected chi connectivity index (χ0v) is 10.9. The Morgan fingerprint density at radius 1 is 1.21 bits per heavy atom. The summed E-state index contributed by atoms with van der Waals surface area (Å²) in [5.74, 6) is 0. The van der Waals surface area contributed by atoms with Crippen LogP contribution in [0.25, 0.3) is 0 Å². The summed E-state index contributed by atoms with van der Waals surface area (Å²) in [5, 5.41) is 21.9. The highest BCUT2D eigenvalue weighted by Crippen LogP contribution is 2.24. The Balaban J connectivity index is 2.20. The highest BCUT2D eigenvalue weighted by Gasteiger charge is 2.10. The maximum Gasteiger partial charge on any atom is 0.101 e. The largest absolute Gasteiger partial charge is 0.394 e. The van der Waals surface area contributed by atoms with Gasteiger partial charge in [-0.15, -0.1) is 0 Å². The Kier molecular flexibility index (Phi) is 4.40. The normalized spacial score (nSPS) is 11.6. The van der Waals surface area contributed by atoms with Crippen LogP contribution in [0.15, 0.2) is 48.5 Å². The van der Waals surface area contributed by atoms with Crippen molar-refractivity contribution in [2.45, 2.75) is 6.04 Å². The van der Waals surface area contributed by atoms with Gasteiger partial charge in [-0.05, 0) is 23.8 Å². The molecule has 2 N–H and O–H groups in total. The van der Waals surface area contributed by atoms with Crippen LogP contribution in [0.2, 0.25) is 5.02 Å². The van der Waals surface area contributed by atoms with Gasteiger partial charge in [0.15, 0.2) is 0 Å². The lowest BCUT2D eigenvalue weighted by atomic mass is 10.1. The van der Waals surface area contributed by atoms with Gasteiger partial charge in [0.25, 0.3) is 0 Å². The van der Waals surface area contributed by atoms with Crippen molar-refractivity contribution in [3.63, 3.8) is 0 Å². The minimum absolute atomic E-state index is 0.0262. The van der Waals surface area contributed by atoms with Crippen molar-refractivity contribution in [3.8, 4) is 6.07 Å². The Morgan fingerprint density at radius 2 is 1.95 bits per heavy atom. The molecule has 0 aliphatic carbocycles. The minimum Gasteiger partial charge on any atom is -0.394 e. The van der Waals surface area contributed by atoms with Gasteiger partial charge >= 0.3 is 0 Å². The lowest BCUT2D eigenvalue weighted by Crippen LogP contribution is -2.14. The number of aliphatic hydroxyl groups excluding tert-OH is 1. The predicted molar refractivity (Wildman–Crippen MR) is 76.1 cm³/mol. The summed E-state index contributed by atoms with van der Waals surface area (Å²) in [6.45, 7) is -0.0262. The molecule has 0 aromatic heterocycles. The van der Waals surface area contributed by atoms with Gasteiger partial charge in [0.2, 0.25) is 0 Å². The lowest BCUT2D eigenvalue weighted by Gasteiger charge is -2.18. The van der Waals surface area contributed by atoms with E-state index in [2.05, 4.69) is 5.32 Å². The molecule has 0 amide bonds. The number of rotatable bonds is 4. The minimum atomic E-state index is -0.204. The molecular weight excluding hydrogens is 260 g/mol. The maximum atomic E-state index is 9.46. The quantitative estimate of drug-likeness (QED) is 0.897. The van der Waals surface area contributed by atoms with Crippen LogP contribution in [-0.4, -0.2) is 11.7 Å². The highest BCUT2D eigenvalue weighted by molar-refractivity contribution is 6.32. The zero-order chi connectivity index (χ0) is 13.7. The van der Waals surface area contributed by atoms with Crippen molar-refractivity contribution in [2.75, 3.05) is 11.9 Å². The van der Waals surface area contributed by atoms with E-state index in [9.17, 15) is 5.11 Å². The number of hydrogen-bond donors (Lipinski definition) is 2. The average molecular weight is 273 g/mol. The highest BCUT2D eigenvalue weighted by atomic mass is 35.5. The van der Waals surface area contributed by atoms with Crippen LogP contribution in [0.1, 0.15) is 17.2 Å². The number of hydrogen-bond acceptors (Lipinski definition) is 3. The fraction of sp³-hybridized carbons (Fsp3) is 0.133. The predicted octanol–water partition coefficient (Wildman–Crippen LogP) is 3.36. The molecule has 2 aromatic carbocycles. The smallest absolute Gasteiger partial charge is 0.101 e. The zero-order valence-electron chi connectivity index (χ0n) is 10.2. The van der Waals surface area contributed by atoms with Crippen molar-refractivity contribution < 1.29 is 5.11 Å². The number of nitriles is 1. The van der Waals surface area contributed by atoms with Gasteiger partial charge in [0.1, 0.15) is 6.07 Å². The SMILES string of the molecule is N#Cc1ccc(NC(CO)c2ccccc2)cc1Cl. The summed E-state index contributed by atoms with van der Waals surface area (Å²) >= 11 is 5.98.